The van der Waals surface area contributed by atoms with Crippen LogP contribution in [0, 0.1) is 0 Å². The summed E-state index contributed by atoms with van der Waals surface area (Å²) in [6, 6.07) is 9.51. The van der Waals surface area contributed by atoms with Gasteiger partial charge < -0.3 is 15.4 Å². The lowest BCUT2D eigenvalue weighted by molar-refractivity contribution is -0.117. The van der Waals surface area contributed by atoms with E-state index in [0.29, 0.717) is 11.4 Å². The van der Waals surface area contributed by atoms with Crippen LogP contribution in [0.4, 0.5) is 11.4 Å². The number of nitrogens with one attached hydrogen (secondary N) is 3. The van der Waals surface area contributed by atoms with Gasteiger partial charge in [0.15, 0.2) is 0 Å². The second-order valence-corrected chi connectivity index (χ2v) is 8.00. The molecule has 150 valence electrons. The molecule has 2 rings (SSSR count). The fourth-order valence-corrected chi connectivity index (χ4v) is 3.94. The van der Waals surface area contributed by atoms with E-state index in [4.69, 9.17) is 16.3 Å². The zero-order valence-corrected chi connectivity index (χ0v) is 17.0. The van der Waals surface area contributed by atoms with Gasteiger partial charge in [0.1, 0.15) is 10.6 Å². The Labute approximate surface area is 168 Å². The molecule has 8 nitrogen and oxygen atoms in total. The van der Waals surface area contributed by atoms with Crippen molar-refractivity contribution < 1.29 is 22.7 Å². The van der Waals surface area contributed by atoms with Crippen LogP contribution in [0.15, 0.2) is 47.4 Å². The van der Waals surface area contributed by atoms with Crippen LogP contribution in [-0.4, -0.2) is 33.4 Å². The largest absolute Gasteiger partial charge is 0.495 e. The molecule has 0 aliphatic rings. The maximum absolute atomic E-state index is 12.6. The third-order valence-electron chi connectivity index (χ3n) is 3.61. The average Bonchev–Trinajstić information content (AvgIpc) is 2.62. The zero-order chi connectivity index (χ0) is 20.9. The minimum absolute atomic E-state index is 0.109. The summed E-state index contributed by atoms with van der Waals surface area (Å²) >= 11 is 5.88. The molecule has 0 saturated carbocycles. The predicted molar refractivity (Wildman–Crippen MR) is 107 cm³/mol. The Hall–Kier alpha value is -2.62. The second kappa shape index (κ2) is 9.05. The van der Waals surface area contributed by atoms with Crippen LogP contribution in [0.5, 0.6) is 5.75 Å². The smallest absolute Gasteiger partial charge is 0.245 e. The summed E-state index contributed by atoms with van der Waals surface area (Å²) in [5.74, 6) is -0.661. The van der Waals surface area contributed by atoms with Gasteiger partial charge in [-0.2, -0.15) is 4.72 Å². The first-order valence-electron chi connectivity index (χ1n) is 8.17. The molecule has 2 aromatic carbocycles. The second-order valence-electron chi connectivity index (χ2n) is 5.89. The number of carbonyl (C=O) groups excluding carboxylic acids is 2. The number of hydrogen-bond acceptors (Lipinski definition) is 5. The minimum Gasteiger partial charge on any atom is -0.495 e. The highest BCUT2D eigenvalue weighted by Crippen LogP contribution is 2.27. The molecule has 0 spiro atoms. The van der Waals surface area contributed by atoms with E-state index < -0.39 is 22.0 Å². The molecule has 2 amide bonds. The lowest BCUT2D eigenvalue weighted by atomic mass is 10.2. The number of methoxy groups -OCH3 is 1. The van der Waals surface area contributed by atoms with Gasteiger partial charge in [0.2, 0.25) is 21.8 Å². The molecule has 28 heavy (non-hydrogen) atoms. The van der Waals surface area contributed by atoms with Gasteiger partial charge in [-0.05, 0) is 49.4 Å². The third-order valence-corrected chi connectivity index (χ3v) is 5.41. The highest BCUT2D eigenvalue weighted by Gasteiger charge is 2.25. The number of hydrogen-bond donors (Lipinski definition) is 3. The quantitative estimate of drug-likeness (QED) is 0.631. The van der Waals surface area contributed by atoms with Gasteiger partial charge in [-0.15, -0.1) is 0 Å². The summed E-state index contributed by atoms with van der Waals surface area (Å²) in [4.78, 5) is 23.2. The van der Waals surface area contributed by atoms with Gasteiger partial charge in [-0.1, -0.05) is 11.6 Å². The Morgan fingerprint density at radius 1 is 1.04 bits per heavy atom. The fraction of sp³-hybridized carbons (Fsp3) is 0.222. The number of ether oxygens (including phenoxy) is 1. The molecule has 2 aromatic rings. The topological polar surface area (TPSA) is 114 Å². The van der Waals surface area contributed by atoms with Gasteiger partial charge in [0.25, 0.3) is 0 Å². The van der Waals surface area contributed by atoms with Crippen molar-refractivity contribution in [3.63, 3.8) is 0 Å². The van der Waals surface area contributed by atoms with Gasteiger partial charge in [-0.3, -0.25) is 9.59 Å². The Balaban J connectivity index is 2.09. The number of benzene rings is 2. The first-order valence-corrected chi connectivity index (χ1v) is 10.0. The predicted octanol–water partition coefficient (Wildman–Crippen LogP) is 2.61. The van der Waals surface area contributed by atoms with Crippen LogP contribution in [0.3, 0.4) is 0 Å². The molecular weight excluding hydrogens is 406 g/mol. The number of amides is 2. The van der Waals surface area contributed by atoms with Crippen molar-refractivity contribution in [3.8, 4) is 5.75 Å². The highest BCUT2D eigenvalue weighted by atomic mass is 35.5. The maximum Gasteiger partial charge on any atom is 0.245 e. The van der Waals surface area contributed by atoms with E-state index in [9.17, 15) is 18.0 Å². The molecule has 0 saturated heterocycles. The number of carbonyl (C=O) groups is 2. The molecule has 0 bridgehead atoms. The first-order chi connectivity index (χ1) is 13.1. The minimum atomic E-state index is -4.05. The summed E-state index contributed by atoms with van der Waals surface area (Å²) in [5, 5.41) is 5.43. The van der Waals surface area contributed by atoms with Crippen molar-refractivity contribution in [2.24, 2.45) is 0 Å². The van der Waals surface area contributed by atoms with Crippen molar-refractivity contribution in [2.45, 2.75) is 24.8 Å². The van der Waals surface area contributed by atoms with Crippen molar-refractivity contribution in [1.82, 2.24) is 4.72 Å². The van der Waals surface area contributed by atoms with Crippen molar-refractivity contribution in [3.05, 3.63) is 47.5 Å². The average molecular weight is 426 g/mol. The first kappa shape index (κ1) is 21.7. The van der Waals surface area contributed by atoms with E-state index in [0.717, 1.165) is 0 Å². The summed E-state index contributed by atoms with van der Waals surface area (Å²) in [5.41, 5.74) is 1.03. The summed E-state index contributed by atoms with van der Waals surface area (Å²) in [7, 11) is -2.71. The third kappa shape index (κ3) is 5.69. The van der Waals surface area contributed by atoms with Crippen LogP contribution < -0.4 is 20.1 Å². The Kier molecular flexibility index (Phi) is 7.00. The van der Waals surface area contributed by atoms with Crippen LogP contribution in [0.25, 0.3) is 0 Å². The van der Waals surface area contributed by atoms with Gasteiger partial charge in [0, 0.05) is 23.3 Å². The zero-order valence-electron chi connectivity index (χ0n) is 15.4. The molecule has 0 unspecified atom stereocenters. The Bertz CT molecular complexity index is 977. The van der Waals surface area contributed by atoms with E-state index in [1.54, 1.807) is 24.3 Å². The number of halogens is 1. The Morgan fingerprint density at radius 3 is 2.14 bits per heavy atom. The number of anilines is 2. The van der Waals surface area contributed by atoms with Crippen LogP contribution in [-0.2, 0) is 19.6 Å². The van der Waals surface area contributed by atoms with Gasteiger partial charge in [-0.25, -0.2) is 8.42 Å². The molecule has 0 heterocycles. The van der Waals surface area contributed by atoms with Crippen molar-refractivity contribution >= 4 is 44.8 Å². The van der Waals surface area contributed by atoms with E-state index >= 15 is 0 Å². The molecule has 0 aromatic heterocycles. The van der Waals surface area contributed by atoms with Crippen molar-refractivity contribution in [2.75, 3.05) is 17.7 Å². The highest BCUT2D eigenvalue weighted by molar-refractivity contribution is 7.89. The van der Waals surface area contributed by atoms with Gasteiger partial charge >= 0.3 is 0 Å². The molecule has 3 N–H and O–H groups in total. The standard InChI is InChI=1S/C18H20ClN3O5S/c1-11(18(24)21-15-7-5-14(6-8-15)20-12(2)23)22-28(25,26)17-10-13(19)4-9-16(17)27-3/h4-11,22H,1-3H3,(H,20,23)(H,21,24)/t11-/m0/s1. The van der Waals surface area contributed by atoms with Crippen LogP contribution in [0.1, 0.15) is 13.8 Å². The maximum atomic E-state index is 12.6. The monoisotopic (exact) mass is 425 g/mol. The fourth-order valence-electron chi connectivity index (χ4n) is 2.30. The SMILES string of the molecule is COc1ccc(Cl)cc1S(=O)(=O)N[C@@H](C)C(=O)Nc1ccc(NC(C)=O)cc1. The summed E-state index contributed by atoms with van der Waals surface area (Å²) < 4.78 is 32.6. The Morgan fingerprint density at radius 2 is 1.61 bits per heavy atom. The molecule has 0 radical (unpaired) electrons. The molecule has 10 heteroatoms. The van der Waals surface area contributed by atoms with E-state index in [2.05, 4.69) is 15.4 Å². The lowest BCUT2D eigenvalue weighted by Crippen LogP contribution is -2.41. The van der Waals surface area contributed by atoms with E-state index in [1.165, 1.54) is 39.2 Å². The number of rotatable bonds is 7. The van der Waals surface area contributed by atoms with E-state index in [1.807, 2.05) is 0 Å². The molecule has 0 fully saturated rings. The van der Waals surface area contributed by atoms with E-state index in [-0.39, 0.29) is 21.6 Å². The number of sulfonamides is 1. The molecule has 0 aliphatic carbocycles. The molecule has 1 atom stereocenters. The lowest BCUT2D eigenvalue weighted by Gasteiger charge is -2.16. The van der Waals surface area contributed by atoms with Crippen LogP contribution in [0.2, 0.25) is 5.02 Å². The van der Waals surface area contributed by atoms with Gasteiger partial charge in [0.05, 0.1) is 13.2 Å². The normalized spacial score (nSPS) is 12.1. The van der Waals surface area contributed by atoms with Crippen LogP contribution >= 0.6 is 11.6 Å². The summed E-state index contributed by atoms with van der Waals surface area (Å²) in [6.45, 7) is 2.80. The summed E-state index contributed by atoms with van der Waals surface area (Å²) in [6.07, 6.45) is 0. The molecule has 0 aliphatic heterocycles. The molecular formula is C18H20ClN3O5S. The van der Waals surface area contributed by atoms with Crippen molar-refractivity contribution in [1.29, 1.82) is 0 Å².